The Morgan fingerprint density at radius 2 is 1.87 bits per heavy atom. The molecule has 0 radical (unpaired) electrons. The van der Waals surface area contributed by atoms with Crippen LogP contribution in [0.25, 0.3) is 6.08 Å². The monoisotopic (exact) mass is 425 g/mol. The lowest BCUT2D eigenvalue weighted by Gasteiger charge is -2.23. The molecule has 1 unspecified atom stereocenters. The van der Waals surface area contributed by atoms with Gasteiger partial charge in [-0.1, -0.05) is 12.1 Å². The van der Waals surface area contributed by atoms with Crippen molar-refractivity contribution in [2.24, 2.45) is 0 Å². The SMILES string of the molecule is CC(C)Oc1ccc(C=CC(=O)N(C)c2ccc(N3CCC(N(C)C)C3)c(F)c2)cc1. The standard InChI is InChI=1S/C25H32FN3O2/c1-18(2)31-22-10-6-19(7-11-22)8-13-25(30)28(5)20-9-12-24(23(26)16-20)29-15-14-21(17-29)27(3)4/h6-13,16,18,21H,14-15,17H2,1-5H3. The number of carbonyl (C=O) groups is 1. The number of rotatable bonds is 7. The summed E-state index contributed by atoms with van der Waals surface area (Å²) in [6.45, 7) is 5.59. The third kappa shape index (κ3) is 5.85. The average Bonchev–Trinajstić information content (AvgIpc) is 3.22. The summed E-state index contributed by atoms with van der Waals surface area (Å²) in [6, 6.07) is 13.0. The fourth-order valence-corrected chi connectivity index (χ4v) is 3.68. The predicted molar refractivity (Wildman–Crippen MR) is 125 cm³/mol. The van der Waals surface area contributed by atoms with Gasteiger partial charge in [0.05, 0.1) is 11.8 Å². The molecule has 1 saturated heterocycles. The van der Waals surface area contributed by atoms with Crippen LogP contribution in [0.2, 0.25) is 0 Å². The summed E-state index contributed by atoms with van der Waals surface area (Å²) in [5.41, 5.74) is 2.01. The molecule has 1 atom stereocenters. The molecule has 1 amide bonds. The van der Waals surface area contributed by atoms with Gasteiger partial charge >= 0.3 is 0 Å². The zero-order valence-electron chi connectivity index (χ0n) is 19.0. The Hall–Kier alpha value is -2.86. The van der Waals surface area contributed by atoms with Crippen molar-refractivity contribution in [1.82, 2.24) is 4.90 Å². The van der Waals surface area contributed by atoms with E-state index in [2.05, 4.69) is 23.9 Å². The molecular weight excluding hydrogens is 393 g/mol. The molecular formula is C25H32FN3O2. The van der Waals surface area contributed by atoms with Crippen LogP contribution in [0, 0.1) is 5.82 Å². The molecule has 1 fully saturated rings. The van der Waals surface area contributed by atoms with Gasteiger partial charge in [0.2, 0.25) is 0 Å². The van der Waals surface area contributed by atoms with Crippen LogP contribution in [-0.4, -0.2) is 57.2 Å². The molecule has 1 heterocycles. The van der Waals surface area contributed by atoms with Gasteiger partial charge in [0, 0.05) is 37.9 Å². The fourth-order valence-electron chi connectivity index (χ4n) is 3.68. The van der Waals surface area contributed by atoms with Crippen LogP contribution >= 0.6 is 0 Å². The molecule has 2 aromatic carbocycles. The second kappa shape index (κ2) is 9.96. The van der Waals surface area contributed by atoms with E-state index in [-0.39, 0.29) is 17.8 Å². The maximum Gasteiger partial charge on any atom is 0.250 e. The Morgan fingerprint density at radius 1 is 1.16 bits per heavy atom. The molecule has 31 heavy (non-hydrogen) atoms. The molecule has 1 aliphatic heterocycles. The molecule has 5 nitrogen and oxygen atoms in total. The van der Waals surface area contributed by atoms with Crippen molar-refractivity contribution >= 4 is 23.4 Å². The topological polar surface area (TPSA) is 36.0 Å². The number of likely N-dealkylation sites (N-methyl/N-ethyl adjacent to an activating group) is 2. The predicted octanol–water partition coefficient (Wildman–Crippen LogP) is 4.43. The second-order valence-corrected chi connectivity index (χ2v) is 8.45. The highest BCUT2D eigenvalue weighted by molar-refractivity contribution is 6.03. The van der Waals surface area contributed by atoms with Crippen LogP contribution < -0.4 is 14.5 Å². The van der Waals surface area contributed by atoms with E-state index in [4.69, 9.17) is 4.74 Å². The quantitative estimate of drug-likeness (QED) is 0.615. The summed E-state index contributed by atoms with van der Waals surface area (Å²) < 4.78 is 20.4. The van der Waals surface area contributed by atoms with E-state index in [1.807, 2.05) is 38.1 Å². The highest BCUT2D eigenvalue weighted by Gasteiger charge is 2.26. The lowest BCUT2D eigenvalue weighted by atomic mass is 10.2. The van der Waals surface area contributed by atoms with Crippen molar-refractivity contribution in [3.63, 3.8) is 0 Å². The van der Waals surface area contributed by atoms with Crippen molar-refractivity contribution in [3.05, 3.63) is 59.9 Å². The Morgan fingerprint density at radius 3 is 2.45 bits per heavy atom. The van der Waals surface area contributed by atoms with E-state index < -0.39 is 0 Å². The van der Waals surface area contributed by atoms with Crippen molar-refractivity contribution in [2.75, 3.05) is 44.0 Å². The highest BCUT2D eigenvalue weighted by atomic mass is 19.1. The van der Waals surface area contributed by atoms with Crippen molar-refractivity contribution < 1.29 is 13.9 Å². The minimum absolute atomic E-state index is 0.114. The number of anilines is 2. The van der Waals surface area contributed by atoms with E-state index in [1.54, 1.807) is 25.3 Å². The smallest absolute Gasteiger partial charge is 0.250 e. The average molecular weight is 426 g/mol. The Balaban J connectivity index is 1.64. The lowest BCUT2D eigenvalue weighted by molar-refractivity contribution is -0.113. The first-order valence-corrected chi connectivity index (χ1v) is 10.7. The summed E-state index contributed by atoms with van der Waals surface area (Å²) in [4.78, 5) is 18.3. The molecule has 0 bridgehead atoms. The number of hydrogen-bond acceptors (Lipinski definition) is 4. The minimum atomic E-state index is -0.304. The number of halogens is 1. The van der Waals surface area contributed by atoms with Crippen LogP contribution in [0.3, 0.4) is 0 Å². The molecule has 0 saturated carbocycles. The lowest BCUT2D eigenvalue weighted by Crippen LogP contribution is -2.31. The van der Waals surface area contributed by atoms with Gasteiger partial charge < -0.3 is 19.4 Å². The van der Waals surface area contributed by atoms with Gasteiger partial charge in [0.15, 0.2) is 0 Å². The molecule has 3 rings (SSSR count). The van der Waals surface area contributed by atoms with Crippen molar-refractivity contribution in [2.45, 2.75) is 32.4 Å². The van der Waals surface area contributed by atoms with Gasteiger partial charge in [-0.25, -0.2) is 4.39 Å². The molecule has 6 heteroatoms. The molecule has 0 aliphatic carbocycles. The minimum Gasteiger partial charge on any atom is -0.491 e. The number of benzene rings is 2. The van der Waals surface area contributed by atoms with Crippen LogP contribution in [0.15, 0.2) is 48.5 Å². The first kappa shape index (κ1) is 22.8. The Bertz CT molecular complexity index is 925. The van der Waals surface area contributed by atoms with E-state index >= 15 is 0 Å². The number of hydrogen-bond donors (Lipinski definition) is 0. The fraction of sp³-hybridized carbons (Fsp3) is 0.400. The molecule has 2 aromatic rings. The summed E-state index contributed by atoms with van der Waals surface area (Å²) >= 11 is 0. The van der Waals surface area contributed by atoms with Gasteiger partial charge in [-0.05, 0) is 76.3 Å². The first-order valence-electron chi connectivity index (χ1n) is 10.7. The van der Waals surface area contributed by atoms with Crippen molar-refractivity contribution in [3.8, 4) is 5.75 Å². The zero-order valence-corrected chi connectivity index (χ0v) is 19.0. The summed E-state index contributed by atoms with van der Waals surface area (Å²) in [5, 5.41) is 0. The summed E-state index contributed by atoms with van der Waals surface area (Å²) in [5.74, 6) is 0.269. The van der Waals surface area contributed by atoms with Crippen LogP contribution in [-0.2, 0) is 4.79 Å². The van der Waals surface area contributed by atoms with Crippen LogP contribution in [0.4, 0.5) is 15.8 Å². The molecule has 1 aliphatic rings. The van der Waals surface area contributed by atoms with E-state index in [9.17, 15) is 9.18 Å². The zero-order chi connectivity index (χ0) is 22.5. The molecule has 0 N–H and O–H groups in total. The van der Waals surface area contributed by atoms with E-state index in [0.717, 1.165) is 30.8 Å². The Labute approximate surface area is 184 Å². The van der Waals surface area contributed by atoms with Gasteiger partial charge in [-0.2, -0.15) is 0 Å². The molecule has 0 spiro atoms. The van der Waals surface area contributed by atoms with Crippen molar-refractivity contribution in [1.29, 1.82) is 0 Å². The first-order chi connectivity index (χ1) is 14.7. The molecule has 166 valence electrons. The van der Waals surface area contributed by atoms with Gasteiger partial charge in [-0.15, -0.1) is 0 Å². The third-order valence-electron chi connectivity index (χ3n) is 5.55. The van der Waals surface area contributed by atoms with Gasteiger partial charge in [0.1, 0.15) is 11.6 Å². The highest BCUT2D eigenvalue weighted by Crippen LogP contribution is 2.28. The summed E-state index contributed by atoms with van der Waals surface area (Å²) in [7, 11) is 5.75. The van der Waals surface area contributed by atoms with Crippen LogP contribution in [0.5, 0.6) is 5.75 Å². The van der Waals surface area contributed by atoms with Gasteiger partial charge in [0.25, 0.3) is 5.91 Å². The maximum atomic E-state index is 14.8. The number of carbonyl (C=O) groups excluding carboxylic acids is 1. The number of amides is 1. The number of nitrogens with zero attached hydrogens (tertiary/aromatic N) is 3. The molecule has 0 aromatic heterocycles. The summed E-state index contributed by atoms with van der Waals surface area (Å²) in [6.07, 6.45) is 4.37. The Kier molecular flexibility index (Phi) is 7.33. The second-order valence-electron chi connectivity index (χ2n) is 8.45. The third-order valence-corrected chi connectivity index (χ3v) is 5.55. The number of ether oxygens (including phenoxy) is 1. The maximum absolute atomic E-state index is 14.8. The van der Waals surface area contributed by atoms with Gasteiger partial charge in [-0.3, -0.25) is 4.79 Å². The van der Waals surface area contributed by atoms with E-state index in [1.165, 1.54) is 17.0 Å². The van der Waals surface area contributed by atoms with Crippen LogP contribution in [0.1, 0.15) is 25.8 Å². The normalized spacial score (nSPS) is 16.5. The largest absolute Gasteiger partial charge is 0.491 e. The van der Waals surface area contributed by atoms with E-state index in [0.29, 0.717) is 17.4 Å².